The van der Waals surface area contributed by atoms with Gasteiger partial charge in [-0.3, -0.25) is 0 Å². The zero-order chi connectivity index (χ0) is 9.97. The van der Waals surface area contributed by atoms with Gasteiger partial charge in [0, 0.05) is 17.6 Å². The molecule has 0 aromatic heterocycles. The summed E-state index contributed by atoms with van der Waals surface area (Å²) in [5.41, 5.74) is 0. The predicted molar refractivity (Wildman–Crippen MR) is 58.4 cm³/mol. The minimum Gasteiger partial charge on any atom is -0.487 e. The van der Waals surface area contributed by atoms with Crippen LogP contribution in [0.25, 0.3) is 0 Å². The topological polar surface area (TPSA) is 21.3 Å². The van der Waals surface area contributed by atoms with Crippen molar-refractivity contribution in [1.82, 2.24) is 5.32 Å². The summed E-state index contributed by atoms with van der Waals surface area (Å²) >= 11 is 11.8. The summed E-state index contributed by atoms with van der Waals surface area (Å²) in [6.07, 6.45) is 1.23. The summed E-state index contributed by atoms with van der Waals surface area (Å²) in [5, 5.41) is 4.49. The molecule has 14 heavy (non-hydrogen) atoms. The van der Waals surface area contributed by atoms with Crippen molar-refractivity contribution in [2.75, 3.05) is 13.1 Å². The molecule has 1 aliphatic rings. The largest absolute Gasteiger partial charge is 0.487 e. The van der Waals surface area contributed by atoms with Gasteiger partial charge in [0.2, 0.25) is 0 Å². The van der Waals surface area contributed by atoms with E-state index >= 15 is 0 Å². The van der Waals surface area contributed by atoms with E-state index in [4.69, 9.17) is 27.9 Å². The number of halogens is 2. The monoisotopic (exact) mass is 231 g/mol. The molecular formula is C10H11Cl2NO. The summed E-state index contributed by atoms with van der Waals surface area (Å²) in [4.78, 5) is 0. The van der Waals surface area contributed by atoms with Crippen molar-refractivity contribution in [1.29, 1.82) is 0 Å². The molecule has 0 aliphatic carbocycles. The average molecular weight is 232 g/mol. The number of benzene rings is 1. The molecule has 2 rings (SSSR count). The van der Waals surface area contributed by atoms with Gasteiger partial charge in [-0.15, -0.1) is 0 Å². The molecular weight excluding hydrogens is 221 g/mol. The highest BCUT2D eigenvalue weighted by atomic mass is 35.5. The molecule has 0 radical (unpaired) electrons. The Balaban J connectivity index is 2.10. The molecule has 1 heterocycles. The predicted octanol–water partition coefficient (Wildman–Crippen LogP) is 2.73. The zero-order valence-electron chi connectivity index (χ0n) is 7.59. The molecule has 0 saturated carbocycles. The highest BCUT2D eigenvalue weighted by molar-refractivity contribution is 6.34. The van der Waals surface area contributed by atoms with E-state index in [1.165, 1.54) is 0 Å². The van der Waals surface area contributed by atoms with E-state index in [0.717, 1.165) is 19.5 Å². The second-order valence-corrected chi connectivity index (χ2v) is 4.15. The van der Waals surface area contributed by atoms with Gasteiger partial charge in [0.1, 0.15) is 11.9 Å². The summed E-state index contributed by atoms with van der Waals surface area (Å²) in [6.45, 7) is 1.88. The second kappa shape index (κ2) is 4.39. The number of ether oxygens (including phenoxy) is 1. The van der Waals surface area contributed by atoms with Gasteiger partial charge in [-0.2, -0.15) is 0 Å². The van der Waals surface area contributed by atoms with Crippen molar-refractivity contribution >= 4 is 23.2 Å². The highest BCUT2D eigenvalue weighted by Gasteiger charge is 2.17. The Morgan fingerprint density at radius 2 is 2.21 bits per heavy atom. The molecule has 0 amide bonds. The lowest BCUT2D eigenvalue weighted by molar-refractivity contribution is 0.223. The zero-order valence-corrected chi connectivity index (χ0v) is 9.11. The van der Waals surface area contributed by atoms with Crippen LogP contribution >= 0.6 is 23.2 Å². The van der Waals surface area contributed by atoms with Crippen molar-refractivity contribution in [3.63, 3.8) is 0 Å². The van der Waals surface area contributed by atoms with Gasteiger partial charge in [0.25, 0.3) is 0 Å². The molecule has 2 nitrogen and oxygen atoms in total. The van der Waals surface area contributed by atoms with Crippen LogP contribution < -0.4 is 10.1 Å². The Morgan fingerprint density at radius 3 is 2.93 bits per heavy atom. The third-order valence-corrected chi connectivity index (χ3v) is 2.75. The first-order valence-electron chi connectivity index (χ1n) is 4.58. The maximum Gasteiger partial charge on any atom is 0.139 e. The lowest BCUT2D eigenvalue weighted by Crippen LogP contribution is -2.19. The molecule has 0 spiro atoms. The lowest BCUT2D eigenvalue weighted by Gasteiger charge is -2.13. The Kier molecular flexibility index (Phi) is 3.16. The Hall–Kier alpha value is -0.440. The molecule has 1 aromatic carbocycles. The minimum absolute atomic E-state index is 0.214. The average Bonchev–Trinajstić information content (AvgIpc) is 2.64. The molecule has 1 fully saturated rings. The fraction of sp³-hybridized carbons (Fsp3) is 0.400. The van der Waals surface area contributed by atoms with Crippen molar-refractivity contribution in [2.45, 2.75) is 12.5 Å². The van der Waals surface area contributed by atoms with E-state index in [1.54, 1.807) is 18.2 Å². The Labute approximate surface area is 93.2 Å². The van der Waals surface area contributed by atoms with Gasteiger partial charge in [0.05, 0.1) is 5.02 Å². The first kappa shape index (κ1) is 10.1. The van der Waals surface area contributed by atoms with Crippen LogP contribution in [0.5, 0.6) is 5.75 Å². The summed E-state index contributed by atoms with van der Waals surface area (Å²) in [6, 6.07) is 5.26. The van der Waals surface area contributed by atoms with Crippen molar-refractivity contribution in [3.05, 3.63) is 28.2 Å². The van der Waals surface area contributed by atoms with Crippen LogP contribution in [0.3, 0.4) is 0 Å². The molecule has 1 N–H and O–H groups in total. The minimum atomic E-state index is 0.214. The number of hydrogen-bond donors (Lipinski definition) is 1. The SMILES string of the molecule is Clc1ccc(Cl)c(O[C@H]2CCNC2)c1. The van der Waals surface area contributed by atoms with Crippen LogP contribution in [0, 0.1) is 0 Å². The maximum absolute atomic E-state index is 5.97. The Morgan fingerprint density at radius 1 is 1.36 bits per heavy atom. The van der Waals surface area contributed by atoms with Crippen molar-refractivity contribution in [3.8, 4) is 5.75 Å². The number of hydrogen-bond acceptors (Lipinski definition) is 2. The maximum atomic E-state index is 5.97. The Bertz CT molecular complexity index is 324. The van der Waals surface area contributed by atoms with Crippen molar-refractivity contribution < 1.29 is 4.74 Å². The lowest BCUT2D eigenvalue weighted by atomic mass is 10.3. The number of nitrogens with one attached hydrogen (secondary N) is 1. The first-order chi connectivity index (χ1) is 6.75. The number of rotatable bonds is 2. The van der Waals surface area contributed by atoms with E-state index in [2.05, 4.69) is 5.32 Å². The van der Waals surface area contributed by atoms with E-state index < -0.39 is 0 Å². The summed E-state index contributed by atoms with van der Waals surface area (Å²) < 4.78 is 5.71. The first-order valence-corrected chi connectivity index (χ1v) is 5.34. The molecule has 4 heteroatoms. The van der Waals surface area contributed by atoms with Crippen LogP contribution in [0.1, 0.15) is 6.42 Å². The highest BCUT2D eigenvalue weighted by Crippen LogP contribution is 2.29. The standard InChI is InChI=1S/C10H11Cl2NO/c11-7-1-2-9(12)10(5-7)14-8-3-4-13-6-8/h1-2,5,8,13H,3-4,6H2/t8-/m0/s1. The fourth-order valence-electron chi connectivity index (χ4n) is 1.48. The van der Waals surface area contributed by atoms with Crippen LogP contribution in [-0.4, -0.2) is 19.2 Å². The normalized spacial score (nSPS) is 21.1. The molecule has 0 unspecified atom stereocenters. The van der Waals surface area contributed by atoms with Crippen LogP contribution in [0.15, 0.2) is 18.2 Å². The molecule has 1 aromatic rings. The van der Waals surface area contributed by atoms with Gasteiger partial charge in [-0.1, -0.05) is 23.2 Å². The van der Waals surface area contributed by atoms with Crippen molar-refractivity contribution in [2.24, 2.45) is 0 Å². The van der Waals surface area contributed by atoms with Gasteiger partial charge in [0.15, 0.2) is 0 Å². The van der Waals surface area contributed by atoms with Gasteiger partial charge < -0.3 is 10.1 Å². The summed E-state index contributed by atoms with van der Waals surface area (Å²) in [5.74, 6) is 0.674. The van der Waals surface area contributed by atoms with Crippen LogP contribution in [-0.2, 0) is 0 Å². The van der Waals surface area contributed by atoms with E-state index in [0.29, 0.717) is 15.8 Å². The fourth-order valence-corrected chi connectivity index (χ4v) is 1.80. The second-order valence-electron chi connectivity index (χ2n) is 3.31. The van der Waals surface area contributed by atoms with Crippen LogP contribution in [0.4, 0.5) is 0 Å². The van der Waals surface area contributed by atoms with Gasteiger partial charge in [-0.25, -0.2) is 0 Å². The molecule has 1 atom stereocenters. The smallest absolute Gasteiger partial charge is 0.139 e. The third-order valence-electron chi connectivity index (χ3n) is 2.20. The molecule has 1 saturated heterocycles. The van der Waals surface area contributed by atoms with E-state index in [1.807, 2.05) is 0 Å². The van der Waals surface area contributed by atoms with E-state index in [9.17, 15) is 0 Å². The quantitative estimate of drug-likeness (QED) is 0.846. The molecule has 1 aliphatic heterocycles. The van der Waals surface area contributed by atoms with Crippen LogP contribution in [0.2, 0.25) is 10.0 Å². The molecule has 76 valence electrons. The summed E-state index contributed by atoms with van der Waals surface area (Å²) in [7, 11) is 0. The molecule has 0 bridgehead atoms. The van der Waals surface area contributed by atoms with Gasteiger partial charge in [-0.05, 0) is 25.1 Å². The van der Waals surface area contributed by atoms with E-state index in [-0.39, 0.29) is 6.10 Å². The van der Waals surface area contributed by atoms with Gasteiger partial charge >= 0.3 is 0 Å². The third kappa shape index (κ3) is 2.32.